The van der Waals surface area contributed by atoms with Crippen LogP contribution in [-0.4, -0.2) is 23.2 Å². The van der Waals surface area contributed by atoms with E-state index in [1.807, 2.05) is 0 Å². The topological polar surface area (TPSA) is 36.4 Å². The summed E-state index contributed by atoms with van der Waals surface area (Å²) in [4.78, 5) is 8.05. The van der Waals surface area contributed by atoms with Gasteiger partial charge >= 0.3 is 0 Å². The first-order chi connectivity index (χ1) is 8.13. The number of aliphatic hydroxyl groups is 1. The lowest BCUT2D eigenvalue weighted by Crippen LogP contribution is -2.28. The fourth-order valence-corrected chi connectivity index (χ4v) is 3.62. The van der Waals surface area contributed by atoms with Gasteiger partial charge in [-0.25, -0.2) is 4.98 Å². The second kappa shape index (κ2) is 5.36. The highest BCUT2D eigenvalue weighted by Gasteiger charge is 2.23. The predicted molar refractivity (Wildman–Crippen MR) is 72.8 cm³/mol. The van der Waals surface area contributed by atoms with Crippen LogP contribution in [-0.2, 0) is 6.61 Å². The van der Waals surface area contributed by atoms with Crippen LogP contribution in [0.5, 0.6) is 0 Å². The van der Waals surface area contributed by atoms with E-state index in [-0.39, 0.29) is 6.61 Å². The van der Waals surface area contributed by atoms with Crippen molar-refractivity contribution >= 4 is 16.5 Å². The molecule has 0 amide bonds. The van der Waals surface area contributed by atoms with Crippen molar-refractivity contribution in [1.29, 1.82) is 0 Å². The Morgan fingerprint density at radius 2 is 2.06 bits per heavy atom. The summed E-state index contributed by atoms with van der Waals surface area (Å²) in [6, 6.07) is 0.646. The first-order valence-corrected chi connectivity index (χ1v) is 7.28. The molecule has 1 saturated carbocycles. The summed E-state index contributed by atoms with van der Waals surface area (Å²) in [7, 11) is 2.14. The highest BCUT2D eigenvalue weighted by molar-refractivity contribution is 7.15. The van der Waals surface area contributed by atoms with Gasteiger partial charge in [-0.05, 0) is 18.8 Å². The third kappa shape index (κ3) is 2.63. The Bertz CT molecular complexity index is 369. The van der Waals surface area contributed by atoms with Crippen LogP contribution in [0.3, 0.4) is 0 Å². The molecule has 1 N–H and O–H groups in total. The number of hydrogen-bond acceptors (Lipinski definition) is 4. The van der Waals surface area contributed by atoms with Gasteiger partial charge in [-0.2, -0.15) is 0 Å². The first kappa shape index (κ1) is 12.8. The van der Waals surface area contributed by atoms with E-state index in [1.165, 1.54) is 25.7 Å². The van der Waals surface area contributed by atoms with Gasteiger partial charge in [-0.3, -0.25) is 0 Å². The minimum absolute atomic E-state index is 0.115. The molecule has 1 aromatic rings. The molecular formula is C13H22N2OS. The Kier molecular flexibility index (Phi) is 4.05. The lowest BCUT2D eigenvalue weighted by atomic mass is 10.1. The van der Waals surface area contributed by atoms with E-state index < -0.39 is 0 Å². The average molecular weight is 254 g/mol. The van der Waals surface area contributed by atoms with Crippen molar-refractivity contribution in [3.05, 3.63) is 10.6 Å². The monoisotopic (exact) mass is 254 g/mol. The van der Waals surface area contributed by atoms with E-state index >= 15 is 0 Å². The lowest BCUT2D eigenvalue weighted by Gasteiger charge is -2.23. The van der Waals surface area contributed by atoms with Crippen molar-refractivity contribution < 1.29 is 5.11 Å². The molecule has 0 saturated heterocycles. The van der Waals surface area contributed by atoms with Gasteiger partial charge in [0.25, 0.3) is 0 Å². The van der Waals surface area contributed by atoms with Crippen LogP contribution in [0, 0.1) is 0 Å². The molecule has 1 heterocycles. The lowest BCUT2D eigenvalue weighted by molar-refractivity contribution is 0.283. The number of nitrogens with zero attached hydrogens (tertiary/aromatic N) is 2. The van der Waals surface area contributed by atoms with Gasteiger partial charge < -0.3 is 10.0 Å². The molecular weight excluding hydrogens is 232 g/mol. The number of anilines is 1. The molecule has 4 heteroatoms. The van der Waals surface area contributed by atoms with Crippen molar-refractivity contribution in [3.63, 3.8) is 0 Å². The fourth-order valence-electron chi connectivity index (χ4n) is 2.51. The number of hydrogen-bond donors (Lipinski definition) is 1. The second-order valence-electron chi connectivity index (χ2n) is 5.17. The van der Waals surface area contributed by atoms with Crippen LogP contribution in [0.2, 0.25) is 0 Å². The summed E-state index contributed by atoms with van der Waals surface area (Å²) in [5, 5.41) is 10.5. The van der Waals surface area contributed by atoms with Gasteiger partial charge in [-0.15, -0.1) is 0 Å². The van der Waals surface area contributed by atoms with Crippen molar-refractivity contribution in [1.82, 2.24) is 4.98 Å². The molecule has 0 atom stereocenters. The van der Waals surface area contributed by atoms with Crippen LogP contribution in [0.1, 0.15) is 56.0 Å². The normalized spacial score (nSPS) is 17.0. The zero-order valence-corrected chi connectivity index (χ0v) is 11.8. The van der Waals surface area contributed by atoms with Gasteiger partial charge in [-0.1, -0.05) is 38.0 Å². The van der Waals surface area contributed by atoms with E-state index in [9.17, 15) is 5.11 Å². The van der Waals surface area contributed by atoms with Gasteiger partial charge in [0.1, 0.15) is 0 Å². The molecule has 3 nitrogen and oxygen atoms in total. The molecule has 0 radical (unpaired) electrons. The minimum Gasteiger partial charge on any atom is -0.391 e. The minimum atomic E-state index is 0.115. The number of thiazole rings is 1. The molecule has 17 heavy (non-hydrogen) atoms. The summed E-state index contributed by atoms with van der Waals surface area (Å²) < 4.78 is 0. The molecule has 0 aromatic carbocycles. The maximum Gasteiger partial charge on any atom is 0.185 e. The Labute approximate surface area is 107 Å². The van der Waals surface area contributed by atoms with Crippen LogP contribution in [0.15, 0.2) is 0 Å². The molecule has 0 bridgehead atoms. The highest BCUT2D eigenvalue weighted by Crippen LogP contribution is 2.34. The summed E-state index contributed by atoms with van der Waals surface area (Å²) >= 11 is 1.65. The maximum absolute atomic E-state index is 9.38. The van der Waals surface area contributed by atoms with Crippen LogP contribution in [0.25, 0.3) is 0 Å². The molecule has 1 aliphatic carbocycles. The van der Waals surface area contributed by atoms with Crippen molar-refractivity contribution in [2.75, 3.05) is 11.9 Å². The quantitative estimate of drug-likeness (QED) is 0.896. The largest absolute Gasteiger partial charge is 0.391 e. The third-order valence-corrected chi connectivity index (χ3v) is 4.73. The molecule has 0 aliphatic heterocycles. The zero-order valence-electron chi connectivity index (χ0n) is 10.9. The zero-order chi connectivity index (χ0) is 12.4. The van der Waals surface area contributed by atoms with E-state index in [2.05, 4.69) is 25.8 Å². The Morgan fingerprint density at radius 1 is 1.41 bits per heavy atom. The average Bonchev–Trinajstić information content (AvgIpc) is 2.97. The van der Waals surface area contributed by atoms with E-state index in [0.717, 1.165) is 15.7 Å². The second-order valence-corrected chi connectivity index (χ2v) is 6.23. The predicted octanol–water partition coefficient (Wildman–Crippen LogP) is 3.14. The summed E-state index contributed by atoms with van der Waals surface area (Å²) in [6.45, 7) is 4.38. The number of aromatic nitrogens is 1. The summed E-state index contributed by atoms with van der Waals surface area (Å²) in [5.41, 5.74) is 1.07. The van der Waals surface area contributed by atoms with Crippen molar-refractivity contribution in [2.24, 2.45) is 0 Å². The molecule has 0 spiro atoms. The standard InChI is InChI=1S/C13H22N2OS/c1-9(2)12-11(8-16)17-13(14-12)15(3)10-6-4-5-7-10/h9-10,16H,4-8H2,1-3H3. The van der Waals surface area contributed by atoms with Gasteiger partial charge in [0.15, 0.2) is 5.13 Å². The molecule has 1 aromatic heterocycles. The van der Waals surface area contributed by atoms with Gasteiger partial charge in [0.05, 0.1) is 17.2 Å². The third-order valence-electron chi connectivity index (χ3n) is 3.58. The maximum atomic E-state index is 9.38. The fraction of sp³-hybridized carbons (Fsp3) is 0.769. The first-order valence-electron chi connectivity index (χ1n) is 6.46. The Balaban J connectivity index is 2.20. The Hall–Kier alpha value is -0.610. The van der Waals surface area contributed by atoms with Crippen molar-refractivity contribution in [3.8, 4) is 0 Å². The summed E-state index contributed by atoms with van der Waals surface area (Å²) in [5.74, 6) is 0.388. The highest BCUT2D eigenvalue weighted by atomic mass is 32.1. The van der Waals surface area contributed by atoms with Crippen LogP contribution >= 0.6 is 11.3 Å². The number of rotatable bonds is 4. The molecule has 1 fully saturated rings. The number of aliphatic hydroxyl groups excluding tert-OH is 1. The van der Waals surface area contributed by atoms with Gasteiger partial charge in [0.2, 0.25) is 0 Å². The SMILES string of the molecule is CC(C)c1nc(N(C)C2CCCC2)sc1CO. The molecule has 1 aliphatic rings. The van der Waals surface area contributed by atoms with Crippen LogP contribution in [0.4, 0.5) is 5.13 Å². The van der Waals surface area contributed by atoms with Gasteiger partial charge in [0, 0.05) is 13.1 Å². The van der Waals surface area contributed by atoms with Crippen molar-refractivity contribution in [2.45, 2.75) is 58.1 Å². The smallest absolute Gasteiger partial charge is 0.185 e. The summed E-state index contributed by atoms with van der Waals surface area (Å²) in [6.07, 6.45) is 5.23. The van der Waals surface area contributed by atoms with E-state index in [0.29, 0.717) is 12.0 Å². The molecule has 0 unspecified atom stereocenters. The van der Waals surface area contributed by atoms with Crippen LogP contribution < -0.4 is 4.90 Å². The molecule has 96 valence electrons. The molecule has 2 rings (SSSR count). The Morgan fingerprint density at radius 3 is 2.53 bits per heavy atom. The van der Waals surface area contributed by atoms with E-state index in [1.54, 1.807) is 11.3 Å². The van der Waals surface area contributed by atoms with E-state index in [4.69, 9.17) is 4.98 Å².